The molecule has 7 N–H and O–H groups in total. The number of phenols is 1. The van der Waals surface area contributed by atoms with Crippen LogP contribution in [0.3, 0.4) is 0 Å². The predicted octanol–water partition coefficient (Wildman–Crippen LogP) is -0.804. The van der Waals surface area contributed by atoms with E-state index in [0.717, 1.165) is 0 Å². The van der Waals surface area contributed by atoms with Crippen LogP contribution in [0.4, 0.5) is 0 Å². The largest absolute Gasteiger partial charge is 0.508 e. The van der Waals surface area contributed by atoms with Crippen LogP contribution in [-0.4, -0.2) is 104 Å². The van der Waals surface area contributed by atoms with E-state index in [1.807, 2.05) is 0 Å². The van der Waals surface area contributed by atoms with Crippen molar-refractivity contribution in [3.63, 3.8) is 0 Å². The number of aliphatic hydroxyl groups excluding tert-OH is 6. The van der Waals surface area contributed by atoms with Crippen LogP contribution >= 0.6 is 0 Å². The monoisotopic (exact) mass is 562 g/mol. The Morgan fingerprint density at radius 2 is 1.43 bits per heavy atom. The first-order chi connectivity index (χ1) is 19.1. The van der Waals surface area contributed by atoms with E-state index >= 15 is 0 Å². The molecule has 0 saturated carbocycles. The fourth-order valence-electron chi connectivity index (χ4n) is 4.64. The van der Waals surface area contributed by atoms with E-state index in [0.29, 0.717) is 5.56 Å². The molecule has 13 nitrogen and oxygen atoms in total. The highest BCUT2D eigenvalue weighted by Crippen LogP contribution is 2.34. The zero-order valence-electron chi connectivity index (χ0n) is 21.2. The van der Waals surface area contributed by atoms with Crippen molar-refractivity contribution in [1.29, 1.82) is 0 Å². The molecule has 13 heteroatoms. The molecule has 2 unspecified atom stereocenters. The maximum atomic E-state index is 13.5. The lowest BCUT2D eigenvalue weighted by atomic mass is 9.98. The Kier molecular flexibility index (Phi) is 8.10. The highest BCUT2D eigenvalue weighted by atomic mass is 16.7. The molecule has 1 aromatic heterocycles. The maximum Gasteiger partial charge on any atom is 0.235 e. The number of para-hydroxylation sites is 1. The minimum Gasteiger partial charge on any atom is -0.508 e. The van der Waals surface area contributed by atoms with Crippen LogP contribution in [0.2, 0.25) is 0 Å². The number of benzene rings is 2. The Hall–Kier alpha value is -3.11. The summed E-state index contributed by atoms with van der Waals surface area (Å²) in [6.45, 7) is 0.964. The standard InChI is InChI=1S/C27H30O13/c1-11-17(29)20(32)22(34)26(37-11)36-10-16-19(31)21(33)23(35)27(39-16)40-25-18(30)14-4-2-3-5-15(14)38-24(25)12-6-8-13(28)9-7-12/h2-9,11,16-17,19-23,26-29,31-35H,10H2,1H3/t11-,16-,17-,19-,20+,21+,22+,23-,26?,27?/m1/s1. The molecule has 40 heavy (non-hydrogen) atoms. The molecule has 5 rings (SSSR count). The van der Waals surface area contributed by atoms with Gasteiger partial charge in [0.15, 0.2) is 12.1 Å². The van der Waals surface area contributed by atoms with Gasteiger partial charge < -0.3 is 59.1 Å². The smallest absolute Gasteiger partial charge is 0.235 e. The number of rotatable bonds is 6. The van der Waals surface area contributed by atoms with Gasteiger partial charge in [-0.3, -0.25) is 4.79 Å². The Morgan fingerprint density at radius 1 is 0.775 bits per heavy atom. The fourth-order valence-corrected chi connectivity index (χ4v) is 4.64. The van der Waals surface area contributed by atoms with Crippen LogP contribution < -0.4 is 10.2 Å². The van der Waals surface area contributed by atoms with Crippen molar-refractivity contribution >= 4 is 11.0 Å². The van der Waals surface area contributed by atoms with Gasteiger partial charge in [0.2, 0.25) is 17.5 Å². The minimum absolute atomic E-state index is 0.0242. The van der Waals surface area contributed by atoms with E-state index in [9.17, 15) is 40.5 Å². The van der Waals surface area contributed by atoms with Gasteiger partial charge in [-0.25, -0.2) is 0 Å². The van der Waals surface area contributed by atoms with Crippen molar-refractivity contribution in [2.45, 2.75) is 68.3 Å². The predicted molar refractivity (Wildman–Crippen MR) is 135 cm³/mol. The molecule has 3 heterocycles. The summed E-state index contributed by atoms with van der Waals surface area (Å²) in [4.78, 5) is 13.5. The highest BCUT2D eigenvalue weighted by molar-refractivity contribution is 5.82. The van der Waals surface area contributed by atoms with Gasteiger partial charge in [0.25, 0.3) is 0 Å². The second-order valence-electron chi connectivity index (χ2n) is 9.78. The van der Waals surface area contributed by atoms with Gasteiger partial charge in [-0.05, 0) is 43.3 Å². The lowest BCUT2D eigenvalue weighted by Crippen LogP contribution is -2.61. The summed E-state index contributed by atoms with van der Waals surface area (Å²) in [5.74, 6) is -0.411. The van der Waals surface area contributed by atoms with E-state index in [4.69, 9.17) is 23.4 Å². The molecule has 0 spiro atoms. The lowest BCUT2D eigenvalue weighted by Gasteiger charge is -2.42. The van der Waals surface area contributed by atoms with Crippen molar-refractivity contribution in [1.82, 2.24) is 0 Å². The molecule has 2 saturated heterocycles. The van der Waals surface area contributed by atoms with Gasteiger partial charge >= 0.3 is 0 Å². The highest BCUT2D eigenvalue weighted by Gasteiger charge is 2.47. The molecule has 0 bridgehead atoms. The third-order valence-corrected chi connectivity index (χ3v) is 7.02. The molecule has 0 radical (unpaired) electrons. The van der Waals surface area contributed by atoms with Gasteiger partial charge in [-0.2, -0.15) is 0 Å². The first-order valence-corrected chi connectivity index (χ1v) is 12.6. The Labute approximate surface area is 227 Å². The first-order valence-electron chi connectivity index (χ1n) is 12.6. The summed E-state index contributed by atoms with van der Waals surface area (Å²) in [6.07, 6.45) is -15.1. The summed E-state index contributed by atoms with van der Waals surface area (Å²) in [6, 6.07) is 12.2. The summed E-state index contributed by atoms with van der Waals surface area (Å²) in [7, 11) is 0. The number of phenolic OH excluding ortho intramolecular Hbond substituents is 1. The topological polar surface area (TPSA) is 209 Å². The van der Waals surface area contributed by atoms with Crippen molar-refractivity contribution < 1.29 is 59.1 Å². The second-order valence-corrected chi connectivity index (χ2v) is 9.78. The summed E-state index contributed by atoms with van der Waals surface area (Å²) < 4.78 is 28.3. The molecule has 2 aliphatic heterocycles. The van der Waals surface area contributed by atoms with E-state index in [1.54, 1.807) is 18.2 Å². The number of hydrogen-bond acceptors (Lipinski definition) is 13. The van der Waals surface area contributed by atoms with Gasteiger partial charge in [-0.15, -0.1) is 0 Å². The maximum absolute atomic E-state index is 13.5. The molecule has 10 atom stereocenters. The lowest BCUT2D eigenvalue weighted by molar-refractivity contribution is -0.318. The molecular formula is C27H30O13. The van der Waals surface area contributed by atoms with E-state index in [1.165, 1.54) is 37.3 Å². The van der Waals surface area contributed by atoms with E-state index < -0.39 is 73.4 Å². The molecule has 2 fully saturated rings. The normalized spacial score (nSPS) is 34.6. The average Bonchev–Trinajstić information content (AvgIpc) is 2.95. The first kappa shape index (κ1) is 28.4. The SMILES string of the molecule is C[C@H]1OC(OC[C@H]2OC(Oc3c(-c4ccc(O)cc4)oc4ccccc4c3=O)[C@H](O)[C@@H](O)[C@@H]2O)[C@@H](O)[C@@H](O)[C@@H]1O. The molecule has 0 aliphatic carbocycles. The fraction of sp³-hybridized carbons (Fsp3) is 0.444. The van der Waals surface area contributed by atoms with Crippen LogP contribution in [0.1, 0.15) is 6.92 Å². The van der Waals surface area contributed by atoms with Crippen molar-refractivity contribution in [3.8, 4) is 22.8 Å². The van der Waals surface area contributed by atoms with Crippen LogP contribution in [0.15, 0.2) is 57.7 Å². The molecule has 0 amide bonds. The van der Waals surface area contributed by atoms with E-state index in [-0.39, 0.29) is 28.2 Å². The van der Waals surface area contributed by atoms with Gasteiger partial charge in [0, 0.05) is 5.56 Å². The number of fused-ring (bicyclic) bond motifs is 1. The number of ether oxygens (including phenoxy) is 4. The molecule has 216 valence electrons. The van der Waals surface area contributed by atoms with Gasteiger partial charge in [0.1, 0.15) is 54.1 Å². The van der Waals surface area contributed by atoms with Crippen molar-refractivity contribution in [3.05, 3.63) is 58.8 Å². The van der Waals surface area contributed by atoms with Crippen LogP contribution in [0, 0.1) is 0 Å². The minimum atomic E-state index is -1.81. The van der Waals surface area contributed by atoms with E-state index in [2.05, 4.69) is 0 Å². The average molecular weight is 563 g/mol. The Bertz CT molecular complexity index is 1380. The molecular weight excluding hydrogens is 532 g/mol. The Morgan fingerprint density at radius 3 is 2.15 bits per heavy atom. The number of hydrogen-bond donors (Lipinski definition) is 7. The zero-order chi connectivity index (χ0) is 28.7. The van der Waals surface area contributed by atoms with Crippen molar-refractivity contribution in [2.24, 2.45) is 0 Å². The van der Waals surface area contributed by atoms with Crippen LogP contribution in [0.25, 0.3) is 22.3 Å². The van der Waals surface area contributed by atoms with Gasteiger partial charge in [0.05, 0.1) is 18.1 Å². The second kappa shape index (κ2) is 11.4. The summed E-state index contributed by atoms with van der Waals surface area (Å²) in [5.41, 5.74) is 0.0106. The third kappa shape index (κ3) is 5.31. The van der Waals surface area contributed by atoms with Crippen LogP contribution in [0.5, 0.6) is 11.5 Å². The summed E-state index contributed by atoms with van der Waals surface area (Å²) >= 11 is 0. The quantitative estimate of drug-likeness (QED) is 0.196. The summed E-state index contributed by atoms with van der Waals surface area (Å²) in [5, 5.41) is 71.6. The van der Waals surface area contributed by atoms with Crippen molar-refractivity contribution in [2.75, 3.05) is 6.61 Å². The van der Waals surface area contributed by atoms with Gasteiger partial charge in [-0.1, -0.05) is 12.1 Å². The molecule has 2 aliphatic rings. The molecule has 3 aromatic rings. The zero-order valence-corrected chi connectivity index (χ0v) is 21.2. The number of aliphatic hydroxyl groups is 6. The number of aromatic hydroxyl groups is 1. The Balaban J connectivity index is 1.42. The third-order valence-electron chi connectivity index (χ3n) is 7.02. The van der Waals surface area contributed by atoms with Crippen LogP contribution in [-0.2, 0) is 14.2 Å². The molecule has 2 aromatic carbocycles.